The van der Waals surface area contributed by atoms with Crippen molar-refractivity contribution in [3.05, 3.63) is 30.1 Å². The number of carbonyl (C=O) groups excluding carboxylic acids is 1. The van der Waals surface area contributed by atoms with Crippen LogP contribution in [-0.4, -0.2) is 91.2 Å². The minimum atomic E-state index is 0.0981. The van der Waals surface area contributed by atoms with Crippen LogP contribution < -0.4 is 0 Å². The van der Waals surface area contributed by atoms with Crippen LogP contribution in [0.25, 0.3) is 0 Å². The smallest absolute Gasteiger partial charge is 0.255 e. The zero-order chi connectivity index (χ0) is 15.2. The van der Waals surface area contributed by atoms with Gasteiger partial charge in [-0.2, -0.15) is 0 Å². The van der Waals surface area contributed by atoms with E-state index in [9.17, 15) is 4.79 Å². The fourth-order valence-electron chi connectivity index (χ4n) is 2.95. The minimum absolute atomic E-state index is 0.0981. The summed E-state index contributed by atoms with van der Waals surface area (Å²) in [5.74, 6) is 0.0981. The first kappa shape index (κ1) is 15.4. The van der Waals surface area contributed by atoms with E-state index in [0.29, 0.717) is 5.56 Å². The van der Waals surface area contributed by atoms with Crippen LogP contribution in [-0.2, 0) is 4.74 Å². The average molecular weight is 304 g/mol. The Morgan fingerprint density at radius 3 is 2.36 bits per heavy atom. The van der Waals surface area contributed by atoms with Gasteiger partial charge in [0, 0.05) is 64.8 Å². The summed E-state index contributed by atoms with van der Waals surface area (Å²) in [6.45, 7) is 9.48. The lowest BCUT2D eigenvalue weighted by atomic mass is 10.2. The molecule has 0 atom stereocenters. The zero-order valence-corrected chi connectivity index (χ0v) is 13.0. The van der Waals surface area contributed by atoms with E-state index < -0.39 is 0 Å². The SMILES string of the molecule is O=C(c1cccnc1)N1CCN(CCN2CCOCC2)CC1. The van der Waals surface area contributed by atoms with Crippen LogP contribution >= 0.6 is 0 Å². The first-order chi connectivity index (χ1) is 10.8. The molecule has 2 aliphatic rings. The minimum Gasteiger partial charge on any atom is -0.379 e. The number of carbonyl (C=O) groups is 1. The summed E-state index contributed by atoms with van der Waals surface area (Å²) in [6, 6.07) is 3.64. The number of amides is 1. The second-order valence-electron chi connectivity index (χ2n) is 5.83. The summed E-state index contributed by atoms with van der Waals surface area (Å²) in [5.41, 5.74) is 0.685. The van der Waals surface area contributed by atoms with Crippen LogP contribution in [0.2, 0.25) is 0 Å². The van der Waals surface area contributed by atoms with Crippen LogP contribution in [0.4, 0.5) is 0 Å². The number of aromatic nitrogens is 1. The maximum Gasteiger partial charge on any atom is 0.255 e. The van der Waals surface area contributed by atoms with E-state index in [2.05, 4.69) is 14.8 Å². The number of pyridine rings is 1. The van der Waals surface area contributed by atoms with Crippen LogP contribution in [0.5, 0.6) is 0 Å². The second-order valence-corrected chi connectivity index (χ2v) is 5.83. The molecule has 0 N–H and O–H groups in total. The maximum atomic E-state index is 12.4. The third-order valence-corrected chi connectivity index (χ3v) is 4.40. The van der Waals surface area contributed by atoms with E-state index in [1.165, 1.54) is 0 Å². The summed E-state index contributed by atoms with van der Waals surface area (Å²) in [7, 11) is 0. The van der Waals surface area contributed by atoms with Gasteiger partial charge in [-0.15, -0.1) is 0 Å². The van der Waals surface area contributed by atoms with E-state index >= 15 is 0 Å². The van der Waals surface area contributed by atoms with Crippen molar-refractivity contribution < 1.29 is 9.53 Å². The highest BCUT2D eigenvalue weighted by molar-refractivity contribution is 5.93. The van der Waals surface area contributed by atoms with E-state index in [4.69, 9.17) is 4.74 Å². The van der Waals surface area contributed by atoms with E-state index in [0.717, 1.165) is 65.6 Å². The van der Waals surface area contributed by atoms with Crippen molar-refractivity contribution in [3.63, 3.8) is 0 Å². The van der Waals surface area contributed by atoms with Gasteiger partial charge in [0.05, 0.1) is 18.8 Å². The molecular formula is C16H24N4O2. The Bertz CT molecular complexity index is 468. The molecule has 1 amide bonds. The molecule has 0 saturated carbocycles. The molecule has 0 radical (unpaired) electrons. The highest BCUT2D eigenvalue weighted by Crippen LogP contribution is 2.08. The number of ether oxygens (including phenoxy) is 1. The maximum absolute atomic E-state index is 12.4. The van der Waals surface area contributed by atoms with Gasteiger partial charge in [0.2, 0.25) is 0 Å². The van der Waals surface area contributed by atoms with Gasteiger partial charge in [-0.25, -0.2) is 0 Å². The predicted octanol–water partition coefficient (Wildman–Crippen LogP) is 0.172. The largest absolute Gasteiger partial charge is 0.379 e. The molecule has 2 aliphatic heterocycles. The molecule has 0 bridgehead atoms. The molecule has 120 valence electrons. The molecule has 1 aromatic rings. The predicted molar refractivity (Wildman–Crippen MR) is 83.8 cm³/mol. The molecule has 0 aliphatic carbocycles. The van der Waals surface area contributed by atoms with E-state index in [-0.39, 0.29) is 5.91 Å². The molecule has 6 heteroatoms. The molecule has 22 heavy (non-hydrogen) atoms. The highest BCUT2D eigenvalue weighted by Gasteiger charge is 2.22. The summed E-state index contributed by atoms with van der Waals surface area (Å²) in [6.07, 6.45) is 3.34. The Morgan fingerprint density at radius 1 is 1.05 bits per heavy atom. The van der Waals surface area contributed by atoms with Crippen molar-refractivity contribution in [2.45, 2.75) is 0 Å². The number of piperazine rings is 1. The van der Waals surface area contributed by atoms with Crippen LogP contribution in [0.3, 0.4) is 0 Å². The van der Waals surface area contributed by atoms with Crippen molar-refractivity contribution >= 4 is 5.91 Å². The Hall–Kier alpha value is -1.50. The normalized spacial score (nSPS) is 21.0. The van der Waals surface area contributed by atoms with E-state index in [1.54, 1.807) is 12.4 Å². The standard InChI is InChI=1S/C16H24N4O2/c21-16(15-2-1-3-17-14-15)20-8-6-18(7-9-20)4-5-19-10-12-22-13-11-19/h1-3,14H,4-13H2. The van der Waals surface area contributed by atoms with Gasteiger partial charge in [-0.1, -0.05) is 0 Å². The topological polar surface area (TPSA) is 48.9 Å². The van der Waals surface area contributed by atoms with Gasteiger partial charge in [0.15, 0.2) is 0 Å². The van der Waals surface area contributed by atoms with Gasteiger partial charge in [0.25, 0.3) is 5.91 Å². The first-order valence-electron chi connectivity index (χ1n) is 8.05. The summed E-state index contributed by atoms with van der Waals surface area (Å²) in [5, 5.41) is 0. The highest BCUT2D eigenvalue weighted by atomic mass is 16.5. The number of morpholine rings is 1. The summed E-state index contributed by atoms with van der Waals surface area (Å²) >= 11 is 0. The fraction of sp³-hybridized carbons (Fsp3) is 0.625. The van der Waals surface area contributed by atoms with Crippen LogP contribution in [0.1, 0.15) is 10.4 Å². The monoisotopic (exact) mass is 304 g/mol. The second kappa shape index (κ2) is 7.67. The van der Waals surface area contributed by atoms with Crippen molar-refractivity contribution in [3.8, 4) is 0 Å². The third-order valence-electron chi connectivity index (χ3n) is 4.40. The number of nitrogens with zero attached hydrogens (tertiary/aromatic N) is 4. The van der Waals surface area contributed by atoms with Gasteiger partial charge in [-0.3, -0.25) is 19.6 Å². The fourth-order valence-corrected chi connectivity index (χ4v) is 2.95. The van der Waals surface area contributed by atoms with E-state index in [1.807, 2.05) is 17.0 Å². The molecule has 2 saturated heterocycles. The molecule has 3 rings (SSSR count). The molecule has 6 nitrogen and oxygen atoms in total. The van der Waals surface area contributed by atoms with Crippen LogP contribution in [0.15, 0.2) is 24.5 Å². The summed E-state index contributed by atoms with van der Waals surface area (Å²) in [4.78, 5) is 23.2. The number of hydrogen-bond donors (Lipinski definition) is 0. The van der Waals surface area contributed by atoms with Gasteiger partial charge in [0.1, 0.15) is 0 Å². The molecule has 0 aromatic carbocycles. The van der Waals surface area contributed by atoms with Crippen molar-refractivity contribution in [2.24, 2.45) is 0 Å². The first-order valence-corrected chi connectivity index (χ1v) is 8.05. The van der Waals surface area contributed by atoms with Crippen molar-refractivity contribution in [1.82, 2.24) is 19.7 Å². The van der Waals surface area contributed by atoms with Gasteiger partial charge < -0.3 is 9.64 Å². The molecular weight excluding hydrogens is 280 g/mol. The molecule has 3 heterocycles. The summed E-state index contributed by atoms with van der Waals surface area (Å²) < 4.78 is 5.37. The van der Waals surface area contributed by atoms with Gasteiger partial charge in [-0.05, 0) is 12.1 Å². The Balaban J connectivity index is 1.41. The molecule has 1 aromatic heterocycles. The third kappa shape index (κ3) is 4.03. The Labute approximate surface area is 131 Å². The number of hydrogen-bond acceptors (Lipinski definition) is 5. The van der Waals surface area contributed by atoms with Crippen molar-refractivity contribution in [2.75, 3.05) is 65.6 Å². The molecule has 0 spiro atoms. The lowest BCUT2D eigenvalue weighted by Gasteiger charge is -2.36. The Morgan fingerprint density at radius 2 is 1.73 bits per heavy atom. The number of rotatable bonds is 4. The van der Waals surface area contributed by atoms with Crippen LogP contribution in [0, 0.1) is 0 Å². The quantitative estimate of drug-likeness (QED) is 0.794. The van der Waals surface area contributed by atoms with Crippen molar-refractivity contribution in [1.29, 1.82) is 0 Å². The molecule has 0 unspecified atom stereocenters. The lowest BCUT2D eigenvalue weighted by molar-refractivity contribution is 0.0293. The van der Waals surface area contributed by atoms with Gasteiger partial charge >= 0.3 is 0 Å². The Kier molecular flexibility index (Phi) is 5.37. The lowest BCUT2D eigenvalue weighted by Crippen LogP contribution is -2.51. The zero-order valence-electron chi connectivity index (χ0n) is 13.0. The molecule has 2 fully saturated rings. The average Bonchev–Trinajstić information content (AvgIpc) is 2.61.